The van der Waals surface area contributed by atoms with Crippen LogP contribution < -0.4 is 0 Å². The number of rotatable bonds is 4. The Hall–Kier alpha value is -2.67. The number of hydrogen-bond acceptors (Lipinski definition) is 1. The summed E-state index contributed by atoms with van der Waals surface area (Å²) in [5.41, 5.74) is 5.79. The van der Waals surface area contributed by atoms with Crippen molar-refractivity contribution in [1.82, 2.24) is 0 Å². The SMILES string of the molecule is CC(=O)C(C)=C(C)C=C(C)Cc1c2ccccc2cc2cc(C)ccc12. The van der Waals surface area contributed by atoms with E-state index >= 15 is 0 Å². The highest BCUT2D eigenvalue weighted by atomic mass is 16.1. The molecular formula is C25H26O. The zero-order chi connectivity index (χ0) is 18.8. The number of allylic oxidation sites excluding steroid dienone is 4. The summed E-state index contributed by atoms with van der Waals surface area (Å²) < 4.78 is 0. The van der Waals surface area contributed by atoms with Gasteiger partial charge in [0.25, 0.3) is 0 Å². The maximum absolute atomic E-state index is 11.6. The molecule has 0 saturated carbocycles. The first-order chi connectivity index (χ1) is 12.4. The highest BCUT2D eigenvalue weighted by Gasteiger charge is 2.09. The van der Waals surface area contributed by atoms with Crippen LogP contribution in [0.25, 0.3) is 21.5 Å². The molecular weight excluding hydrogens is 316 g/mol. The van der Waals surface area contributed by atoms with Crippen LogP contribution in [0.3, 0.4) is 0 Å². The summed E-state index contributed by atoms with van der Waals surface area (Å²) in [5, 5.41) is 5.19. The average molecular weight is 342 g/mol. The van der Waals surface area contributed by atoms with Gasteiger partial charge in [-0.15, -0.1) is 0 Å². The second-order valence-electron chi connectivity index (χ2n) is 7.33. The molecule has 3 aromatic rings. The van der Waals surface area contributed by atoms with Crippen molar-refractivity contribution >= 4 is 27.3 Å². The van der Waals surface area contributed by atoms with Crippen molar-refractivity contribution in [1.29, 1.82) is 0 Å². The Bertz CT molecular complexity index is 1060. The minimum Gasteiger partial charge on any atom is -0.295 e. The second kappa shape index (κ2) is 7.29. The van der Waals surface area contributed by atoms with E-state index in [1.807, 2.05) is 13.8 Å². The van der Waals surface area contributed by atoms with Gasteiger partial charge in [0.2, 0.25) is 0 Å². The van der Waals surface area contributed by atoms with Crippen LogP contribution in [0.1, 0.15) is 38.8 Å². The Morgan fingerprint density at radius 2 is 1.58 bits per heavy atom. The largest absolute Gasteiger partial charge is 0.295 e. The van der Waals surface area contributed by atoms with Gasteiger partial charge in [-0.1, -0.05) is 59.7 Å². The van der Waals surface area contributed by atoms with Crippen molar-refractivity contribution in [3.05, 3.63) is 82.5 Å². The first-order valence-corrected chi connectivity index (χ1v) is 9.13. The number of carbonyl (C=O) groups is 1. The molecule has 0 saturated heterocycles. The number of carbonyl (C=O) groups excluding carboxylic acids is 1. The fraction of sp³-hybridized carbons (Fsp3) is 0.240. The molecule has 132 valence electrons. The van der Waals surface area contributed by atoms with Crippen LogP contribution in [-0.2, 0) is 11.2 Å². The molecule has 1 nitrogen and oxygen atoms in total. The number of benzene rings is 3. The number of Topliss-reactive ketones (excluding diaryl/α,β-unsaturated/α-hetero) is 1. The van der Waals surface area contributed by atoms with E-state index in [9.17, 15) is 4.79 Å². The molecule has 0 radical (unpaired) electrons. The highest BCUT2D eigenvalue weighted by molar-refractivity contribution is 6.02. The van der Waals surface area contributed by atoms with Crippen molar-refractivity contribution in [3.8, 4) is 0 Å². The molecule has 0 aliphatic carbocycles. The monoisotopic (exact) mass is 342 g/mol. The Kier molecular flexibility index (Phi) is 5.08. The highest BCUT2D eigenvalue weighted by Crippen LogP contribution is 2.31. The van der Waals surface area contributed by atoms with Crippen molar-refractivity contribution in [3.63, 3.8) is 0 Å². The van der Waals surface area contributed by atoms with Crippen molar-refractivity contribution in [2.24, 2.45) is 0 Å². The predicted molar refractivity (Wildman–Crippen MR) is 113 cm³/mol. The van der Waals surface area contributed by atoms with Gasteiger partial charge in [-0.05, 0) is 85.4 Å². The Balaban J connectivity index is 2.16. The number of aryl methyl sites for hydroxylation is 1. The first kappa shape index (κ1) is 18.1. The summed E-state index contributed by atoms with van der Waals surface area (Å²) in [6, 6.07) is 17.6. The van der Waals surface area contributed by atoms with Gasteiger partial charge in [0, 0.05) is 0 Å². The lowest BCUT2D eigenvalue weighted by Gasteiger charge is -2.13. The first-order valence-electron chi connectivity index (χ1n) is 9.13. The normalized spacial score (nSPS) is 13.2. The van der Waals surface area contributed by atoms with Crippen LogP contribution in [0.2, 0.25) is 0 Å². The fourth-order valence-electron chi connectivity index (χ4n) is 3.56. The van der Waals surface area contributed by atoms with E-state index in [1.165, 1.54) is 38.2 Å². The summed E-state index contributed by atoms with van der Waals surface area (Å²) >= 11 is 0. The van der Waals surface area contributed by atoms with E-state index in [-0.39, 0.29) is 5.78 Å². The second-order valence-corrected chi connectivity index (χ2v) is 7.33. The zero-order valence-electron chi connectivity index (χ0n) is 16.3. The van der Waals surface area contributed by atoms with Gasteiger partial charge in [-0.25, -0.2) is 0 Å². The summed E-state index contributed by atoms with van der Waals surface area (Å²) in [4.78, 5) is 11.6. The van der Waals surface area contributed by atoms with Gasteiger partial charge >= 0.3 is 0 Å². The third-order valence-corrected chi connectivity index (χ3v) is 5.17. The molecule has 3 rings (SSSR count). The number of fused-ring (bicyclic) bond motifs is 2. The van der Waals surface area contributed by atoms with Gasteiger partial charge in [-0.3, -0.25) is 4.79 Å². The summed E-state index contributed by atoms with van der Waals surface area (Å²) in [5.74, 6) is 0.137. The van der Waals surface area contributed by atoms with Crippen LogP contribution in [0.5, 0.6) is 0 Å². The minimum absolute atomic E-state index is 0.137. The predicted octanol–water partition coefficient (Wildman–Crippen LogP) is 6.72. The molecule has 0 aliphatic heterocycles. The lowest BCUT2D eigenvalue weighted by Crippen LogP contribution is -1.96. The lowest BCUT2D eigenvalue weighted by molar-refractivity contribution is -0.113. The van der Waals surface area contributed by atoms with Crippen molar-refractivity contribution in [2.75, 3.05) is 0 Å². The maximum Gasteiger partial charge on any atom is 0.155 e. The molecule has 0 atom stereocenters. The molecule has 0 heterocycles. The average Bonchev–Trinajstić information content (AvgIpc) is 2.60. The zero-order valence-corrected chi connectivity index (χ0v) is 16.3. The topological polar surface area (TPSA) is 17.1 Å². The minimum atomic E-state index is 0.137. The molecule has 3 aromatic carbocycles. The standard InChI is InChI=1S/C25H26O/c1-16-10-11-24-22(13-16)15-21-8-6-7-9-23(21)25(24)14-17(2)12-18(3)19(4)20(5)26/h6-13,15H,14H2,1-5H3. The molecule has 0 unspecified atom stereocenters. The number of hydrogen-bond donors (Lipinski definition) is 0. The fourth-order valence-corrected chi connectivity index (χ4v) is 3.56. The number of ketones is 1. The van der Waals surface area contributed by atoms with Crippen LogP contribution in [0.15, 0.2) is 71.3 Å². The quantitative estimate of drug-likeness (QED) is 0.292. The van der Waals surface area contributed by atoms with Gasteiger partial charge in [0.1, 0.15) is 0 Å². The van der Waals surface area contributed by atoms with Gasteiger partial charge in [0.15, 0.2) is 5.78 Å². The van der Waals surface area contributed by atoms with Crippen molar-refractivity contribution in [2.45, 2.75) is 41.0 Å². The molecule has 1 heteroatoms. The lowest BCUT2D eigenvalue weighted by atomic mass is 9.91. The van der Waals surface area contributed by atoms with E-state index < -0.39 is 0 Å². The van der Waals surface area contributed by atoms with Crippen molar-refractivity contribution < 1.29 is 4.79 Å². The molecule has 0 spiro atoms. The van der Waals surface area contributed by atoms with E-state index in [0.717, 1.165) is 17.6 Å². The molecule has 0 bridgehead atoms. The van der Waals surface area contributed by atoms with E-state index in [4.69, 9.17) is 0 Å². The van der Waals surface area contributed by atoms with Crippen LogP contribution in [-0.4, -0.2) is 5.78 Å². The summed E-state index contributed by atoms with van der Waals surface area (Å²) in [6.07, 6.45) is 3.03. The van der Waals surface area contributed by atoms with Gasteiger partial charge < -0.3 is 0 Å². The molecule has 0 amide bonds. The van der Waals surface area contributed by atoms with Crippen LogP contribution in [0, 0.1) is 6.92 Å². The maximum atomic E-state index is 11.6. The Labute approximate surface area is 156 Å². The Morgan fingerprint density at radius 1 is 0.885 bits per heavy atom. The van der Waals surface area contributed by atoms with E-state index in [0.29, 0.717) is 0 Å². The smallest absolute Gasteiger partial charge is 0.155 e. The van der Waals surface area contributed by atoms with Gasteiger partial charge in [0.05, 0.1) is 0 Å². The summed E-state index contributed by atoms with van der Waals surface area (Å²) in [7, 11) is 0. The molecule has 0 fully saturated rings. The molecule has 0 aromatic heterocycles. The van der Waals surface area contributed by atoms with Gasteiger partial charge in [-0.2, -0.15) is 0 Å². The summed E-state index contributed by atoms with van der Waals surface area (Å²) in [6.45, 7) is 9.84. The van der Waals surface area contributed by atoms with E-state index in [1.54, 1.807) is 6.92 Å². The van der Waals surface area contributed by atoms with Crippen LogP contribution >= 0.6 is 0 Å². The third-order valence-electron chi connectivity index (χ3n) is 5.17. The molecule has 26 heavy (non-hydrogen) atoms. The molecule has 0 N–H and O–H groups in total. The third kappa shape index (κ3) is 3.62. The van der Waals surface area contributed by atoms with E-state index in [2.05, 4.69) is 68.5 Å². The van der Waals surface area contributed by atoms with Crippen LogP contribution in [0.4, 0.5) is 0 Å². The Morgan fingerprint density at radius 3 is 2.31 bits per heavy atom. The molecule has 0 aliphatic rings.